The Labute approximate surface area is 157 Å². The Kier molecular flexibility index (Phi) is 5.75. The molecule has 2 aromatic carbocycles. The van der Waals surface area contributed by atoms with Crippen LogP contribution in [0.15, 0.2) is 54.6 Å². The van der Waals surface area contributed by atoms with Gasteiger partial charge in [0.2, 0.25) is 5.91 Å². The normalized spacial score (nSPS) is 16.1. The maximum Gasteiger partial charge on any atom is 0.321 e. The van der Waals surface area contributed by atoms with Gasteiger partial charge >= 0.3 is 6.03 Å². The van der Waals surface area contributed by atoms with E-state index in [1.807, 2.05) is 35.2 Å². The zero-order valence-electron chi connectivity index (χ0n) is 14.3. The fourth-order valence-electron chi connectivity index (χ4n) is 3.14. The summed E-state index contributed by atoms with van der Waals surface area (Å²) < 4.78 is 0. The standard InChI is InChI=1S/C19H21ClN4O2/c20-15-7-4-8-16(13-15)22-19(26)24-11-9-23(10-12-24)17(18(21)25)14-5-2-1-3-6-14/h1-8,13,17H,9-12H2,(H2,21,25)(H,22,26). The third-order valence-corrected chi connectivity index (χ3v) is 4.66. The number of hydrogen-bond donors (Lipinski definition) is 2. The Morgan fingerprint density at radius 1 is 1.00 bits per heavy atom. The fourth-order valence-corrected chi connectivity index (χ4v) is 3.33. The van der Waals surface area contributed by atoms with Gasteiger partial charge < -0.3 is 16.0 Å². The predicted octanol–water partition coefficient (Wildman–Crippen LogP) is 2.72. The molecule has 1 unspecified atom stereocenters. The van der Waals surface area contributed by atoms with Crippen LogP contribution in [0.3, 0.4) is 0 Å². The van der Waals surface area contributed by atoms with E-state index in [-0.39, 0.29) is 11.9 Å². The zero-order valence-corrected chi connectivity index (χ0v) is 15.0. The lowest BCUT2D eigenvalue weighted by molar-refractivity contribution is -0.124. The third kappa shape index (κ3) is 4.33. The summed E-state index contributed by atoms with van der Waals surface area (Å²) >= 11 is 5.94. The van der Waals surface area contributed by atoms with E-state index in [9.17, 15) is 9.59 Å². The van der Waals surface area contributed by atoms with Crippen LogP contribution in [-0.2, 0) is 4.79 Å². The second-order valence-corrected chi connectivity index (χ2v) is 6.62. The summed E-state index contributed by atoms with van der Waals surface area (Å²) in [7, 11) is 0. The Morgan fingerprint density at radius 3 is 2.31 bits per heavy atom. The fraction of sp³-hybridized carbons (Fsp3) is 0.263. The summed E-state index contributed by atoms with van der Waals surface area (Å²) in [6, 6.07) is 15.8. The topological polar surface area (TPSA) is 78.7 Å². The number of benzene rings is 2. The highest BCUT2D eigenvalue weighted by molar-refractivity contribution is 6.30. The molecule has 1 atom stereocenters. The van der Waals surface area contributed by atoms with Crippen LogP contribution in [0, 0.1) is 0 Å². The summed E-state index contributed by atoms with van der Waals surface area (Å²) in [4.78, 5) is 28.1. The monoisotopic (exact) mass is 372 g/mol. The number of amides is 3. The Morgan fingerprint density at radius 2 is 1.69 bits per heavy atom. The highest BCUT2D eigenvalue weighted by Crippen LogP contribution is 2.22. The minimum atomic E-state index is -0.477. The average Bonchev–Trinajstić information content (AvgIpc) is 2.63. The number of urea groups is 1. The second-order valence-electron chi connectivity index (χ2n) is 6.18. The number of nitrogens with two attached hydrogens (primary N) is 1. The van der Waals surface area contributed by atoms with Gasteiger partial charge in [-0.15, -0.1) is 0 Å². The smallest absolute Gasteiger partial charge is 0.321 e. The first kappa shape index (κ1) is 18.2. The van der Waals surface area contributed by atoms with Gasteiger partial charge in [0.1, 0.15) is 6.04 Å². The lowest BCUT2D eigenvalue weighted by Gasteiger charge is -2.38. The van der Waals surface area contributed by atoms with Crippen LogP contribution in [0.4, 0.5) is 10.5 Å². The van der Waals surface area contributed by atoms with Crippen LogP contribution in [0.2, 0.25) is 5.02 Å². The molecule has 136 valence electrons. The number of carbonyl (C=O) groups is 2. The quantitative estimate of drug-likeness (QED) is 0.866. The molecule has 1 aliphatic heterocycles. The maximum absolute atomic E-state index is 12.4. The third-order valence-electron chi connectivity index (χ3n) is 4.43. The van der Waals surface area contributed by atoms with Gasteiger partial charge in [-0.05, 0) is 23.8 Å². The Hall–Kier alpha value is -2.57. The molecule has 3 amide bonds. The summed E-state index contributed by atoms with van der Waals surface area (Å²) in [6.07, 6.45) is 0. The van der Waals surface area contributed by atoms with Gasteiger partial charge in [-0.3, -0.25) is 9.69 Å². The van der Waals surface area contributed by atoms with Gasteiger partial charge in [-0.1, -0.05) is 48.0 Å². The molecule has 2 aromatic rings. The van der Waals surface area contributed by atoms with Crippen molar-refractivity contribution < 1.29 is 9.59 Å². The molecule has 0 aliphatic carbocycles. The van der Waals surface area contributed by atoms with E-state index in [4.69, 9.17) is 17.3 Å². The highest BCUT2D eigenvalue weighted by Gasteiger charge is 2.30. The second kappa shape index (κ2) is 8.21. The molecule has 3 rings (SSSR count). The molecule has 7 heteroatoms. The van der Waals surface area contributed by atoms with E-state index < -0.39 is 6.04 Å². The van der Waals surface area contributed by atoms with E-state index in [1.54, 1.807) is 29.2 Å². The minimum Gasteiger partial charge on any atom is -0.368 e. The number of nitrogens with zero attached hydrogens (tertiary/aromatic N) is 2. The first-order chi connectivity index (χ1) is 12.5. The van der Waals surface area contributed by atoms with Crippen molar-refractivity contribution in [2.45, 2.75) is 6.04 Å². The number of piperazine rings is 1. The van der Waals surface area contributed by atoms with E-state index in [0.717, 1.165) is 5.56 Å². The van der Waals surface area contributed by atoms with Crippen molar-refractivity contribution in [2.24, 2.45) is 5.73 Å². The van der Waals surface area contributed by atoms with Crippen LogP contribution < -0.4 is 11.1 Å². The van der Waals surface area contributed by atoms with Crippen molar-refractivity contribution in [3.8, 4) is 0 Å². The van der Waals surface area contributed by atoms with Gasteiger partial charge in [0.25, 0.3) is 0 Å². The van der Waals surface area contributed by atoms with Crippen molar-refractivity contribution >= 4 is 29.2 Å². The Bertz CT molecular complexity index is 776. The summed E-state index contributed by atoms with van der Waals surface area (Å²) in [6.45, 7) is 2.18. The predicted molar refractivity (Wildman–Crippen MR) is 102 cm³/mol. The van der Waals surface area contributed by atoms with Crippen molar-refractivity contribution in [1.82, 2.24) is 9.80 Å². The molecule has 0 saturated carbocycles. The van der Waals surface area contributed by atoms with E-state index in [1.165, 1.54) is 0 Å². The van der Waals surface area contributed by atoms with Gasteiger partial charge in [-0.25, -0.2) is 4.79 Å². The van der Waals surface area contributed by atoms with Crippen LogP contribution in [0.1, 0.15) is 11.6 Å². The minimum absolute atomic E-state index is 0.178. The van der Waals surface area contributed by atoms with Crippen LogP contribution in [0.5, 0.6) is 0 Å². The summed E-state index contributed by atoms with van der Waals surface area (Å²) in [5, 5.41) is 3.41. The summed E-state index contributed by atoms with van der Waals surface area (Å²) in [5.41, 5.74) is 7.15. The molecule has 0 spiro atoms. The number of hydrogen-bond acceptors (Lipinski definition) is 3. The largest absolute Gasteiger partial charge is 0.368 e. The number of halogens is 1. The molecule has 0 radical (unpaired) electrons. The number of carbonyl (C=O) groups excluding carboxylic acids is 2. The van der Waals surface area contributed by atoms with Gasteiger partial charge in [-0.2, -0.15) is 0 Å². The van der Waals surface area contributed by atoms with Crippen molar-refractivity contribution in [2.75, 3.05) is 31.5 Å². The number of anilines is 1. The van der Waals surface area contributed by atoms with Crippen molar-refractivity contribution in [1.29, 1.82) is 0 Å². The lowest BCUT2D eigenvalue weighted by Crippen LogP contribution is -2.52. The molecule has 0 bridgehead atoms. The number of nitrogens with one attached hydrogen (secondary N) is 1. The maximum atomic E-state index is 12.4. The molecule has 1 aliphatic rings. The van der Waals surface area contributed by atoms with Gasteiger partial charge in [0.15, 0.2) is 0 Å². The Balaban J connectivity index is 1.61. The van der Waals surface area contributed by atoms with Crippen LogP contribution in [-0.4, -0.2) is 47.9 Å². The number of primary amides is 1. The molecule has 0 aromatic heterocycles. The first-order valence-electron chi connectivity index (χ1n) is 8.44. The average molecular weight is 373 g/mol. The van der Waals surface area contributed by atoms with Gasteiger partial charge in [0, 0.05) is 36.9 Å². The molecule has 1 heterocycles. The first-order valence-corrected chi connectivity index (χ1v) is 8.82. The van der Waals surface area contributed by atoms with Crippen molar-refractivity contribution in [3.05, 3.63) is 65.2 Å². The van der Waals surface area contributed by atoms with E-state index in [0.29, 0.717) is 36.9 Å². The molecule has 1 saturated heterocycles. The zero-order chi connectivity index (χ0) is 18.5. The van der Waals surface area contributed by atoms with Crippen LogP contribution >= 0.6 is 11.6 Å². The summed E-state index contributed by atoms with van der Waals surface area (Å²) in [5.74, 6) is -0.381. The molecular weight excluding hydrogens is 352 g/mol. The molecule has 26 heavy (non-hydrogen) atoms. The highest BCUT2D eigenvalue weighted by atomic mass is 35.5. The number of rotatable bonds is 4. The van der Waals surface area contributed by atoms with E-state index in [2.05, 4.69) is 5.32 Å². The van der Waals surface area contributed by atoms with E-state index >= 15 is 0 Å². The lowest BCUT2D eigenvalue weighted by atomic mass is 10.0. The molecule has 6 nitrogen and oxygen atoms in total. The van der Waals surface area contributed by atoms with Gasteiger partial charge in [0.05, 0.1) is 0 Å². The molecule has 3 N–H and O–H groups in total. The molecular formula is C19H21ClN4O2. The SMILES string of the molecule is NC(=O)C(c1ccccc1)N1CCN(C(=O)Nc2cccc(Cl)c2)CC1. The van der Waals surface area contributed by atoms with Crippen molar-refractivity contribution in [3.63, 3.8) is 0 Å². The van der Waals surface area contributed by atoms with Crippen LogP contribution in [0.25, 0.3) is 0 Å². The molecule has 1 fully saturated rings.